The summed E-state index contributed by atoms with van der Waals surface area (Å²) in [5.41, 5.74) is 4.40. The first-order valence-corrected chi connectivity index (χ1v) is 14.7. The second kappa shape index (κ2) is 16.9. The van der Waals surface area contributed by atoms with Crippen molar-refractivity contribution < 1.29 is 68.0 Å². The van der Waals surface area contributed by atoms with Crippen molar-refractivity contribution in [3.63, 3.8) is 0 Å². The predicted molar refractivity (Wildman–Crippen MR) is 164 cm³/mol. The summed E-state index contributed by atoms with van der Waals surface area (Å²) in [6.07, 6.45) is -2.66. The van der Waals surface area contributed by atoms with Gasteiger partial charge in [0.25, 0.3) is 5.91 Å². The number of aliphatic carboxylic acids is 1. The number of benzene rings is 3. The largest absolute Gasteiger partial charge is 1.00 e. The van der Waals surface area contributed by atoms with Crippen molar-refractivity contribution in [3.8, 4) is 28.0 Å². The van der Waals surface area contributed by atoms with Gasteiger partial charge < -0.3 is 34.7 Å². The summed E-state index contributed by atoms with van der Waals surface area (Å²) in [5, 5.41) is 34.7. The Morgan fingerprint density at radius 2 is 1.59 bits per heavy atom. The van der Waals surface area contributed by atoms with Crippen molar-refractivity contribution >= 4 is 11.9 Å². The van der Waals surface area contributed by atoms with E-state index in [2.05, 4.69) is 5.32 Å². The average Bonchev–Trinajstić information content (AvgIpc) is 3.35. The number of carboxylic acid groups (broad SMARTS) is 1. The fourth-order valence-corrected chi connectivity index (χ4v) is 5.58. The molecular weight excluding hydrogens is 605 g/mol. The van der Waals surface area contributed by atoms with E-state index in [0.29, 0.717) is 33.6 Å². The Labute approximate surface area is 289 Å². The maximum atomic E-state index is 14.2. The van der Waals surface area contributed by atoms with Gasteiger partial charge in [0.2, 0.25) is 0 Å². The van der Waals surface area contributed by atoms with Crippen molar-refractivity contribution in [1.82, 2.24) is 9.88 Å². The molecule has 0 aliphatic rings. The predicted octanol–water partition coefficient (Wildman–Crippen LogP) is 1.81. The molecule has 0 saturated heterocycles. The van der Waals surface area contributed by atoms with Gasteiger partial charge in [-0.05, 0) is 74.1 Å². The molecule has 0 aliphatic heterocycles. The summed E-state index contributed by atoms with van der Waals surface area (Å²) in [7, 11) is 1.36. The van der Waals surface area contributed by atoms with E-state index in [-0.39, 0.29) is 67.2 Å². The molecule has 0 unspecified atom stereocenters. The molecule has 0 spiro atoms. The van der Waals surface area contributed by atoms with Crippen LogP contribution in [0.3, 0.4) is 0 Å². The van der Waals surface area contributed by atoms with Crippen LogP contribution in [0.15, 0.2) is 72.8 Å². The Morgan fingerprint density at radius 1 is 0.935 bits per heavy atom. The van der Waals surface area contributed by atoms with E-state index in [0.717, 1.165) is 5.56 Å². The number of amides is 1. The number of methoxy groups -OCH3 is 1. The standard InChI is InChI=1S/C35H38F2N2O6.Na/c1-21(2)39-29(16-14-26(40)18-27(41)19-31(42)43)32(24-10-12-25(36)13-11-24)33(23-7-5-4-6-8-23)34(39)35(44)38-20-22-9-15-28(37)30(17-22)45-3;/h4-13,15,17,21,26-27,40-41H,14,16,18-20H2,1-3H3,(H,38,44)(H,42,43);/q;+1/p-1/t26-,27-;/m1./s1. The molecule has 8 nitrogen and oxygen atoms in total. The van der Waals surface area contributed by atoms with Crippen LogP contribution >= 0.6 is 0 Å². The molecule has 2 atom stereocenters. The van der Waals surface area contributed by atoms with Crippen LogP contribution in [0, 0.1) is 11.6 Å². The van der Waals surface area contributed by atoms with E-state index >= 15 is 0 Å². The van der Waals surface area contributed by atoms with Crippen LogP contribution in [0.5, 0.6) is 5.75 Å². The Hall–Kier alpha value is -3.54. The van der Waals surface area contributed by atoms with Gasteiger partial charge in [-0.25, -0.2) is 8.78 Å². The number of halogens is 2. The van der Waals surface area contributed by atoms with Crippen LogP contribution < -0.4 is 44.7 Å². The topological polar surface area (TPSA) is 124 Å². The van der Waals surface area contributed by atoms with Gasteiger partial charge in [-0.3, -0.25) is 4.79 Å². The molecule has 3 N–H and O–H groups in total. The number of nitrogens with zero attached hydrogens (tertiary/aromatic N) is 1. The number of rotatable bonds is 14. The van der Waals surface area contributed by atoms with Crippen LogP contribution in [-0.4, -0.2) is 46.0 Å². The number of hydrogen-bond acceptors (Lipinski definition) is 6. The number of aliphatic hydroxyl groups excluding tert-OH is 2. The zero-order valence-electron chi connectivity index (χ0n) is 26.4. The van der Waals surface area contributed by atoms with Gasteiger partial charge in [-0.15, -0.1) is 0 Å². The van der Waals surface area contributed by atoms with E-state index < -0.39 is 42.1 Å². The molecule has 1 amide bonds. The van der Waals surface area contributed by atoms with Gasteiger partial charge in [0.15, 0.2) is 11.6 Å². The number of hydrogen-bond donors (Lipinski definition) is 3. The van der Waals surface area contributed by atoms with E-state index in [4.69, 9.17) is 4.74 Å². The van der Waals surface area contributed by atoms with Gasteiger partial charge in [0, 0.05) is 41.8 Å². The van der Waals surface area contributed by atoms with Crippen LogP contribution in [0.25, 0.3) is 22.3 Å². The third-order valence-corrected chi connectivity index (χ3v) is 7.56. The number of nitrogens with one attached hydrogen (secondary N) is 1. The molecular formula is C35H37F2N2NaO6. The fraction of sp³-hybridized carbons (Fsp3) is 0.314. The van der Waals surface area contributed by atoms with Crippen molar-refractivity contribution in [2.24, 2.45) is 0 Å². The number of aliphatic hydroxyl groups is 2. The van der Waals surface area contributed by atoms with Gasteiger partial charge in [0.1, 0.15) is 11.5 Å². The molecule has 0 fully saturated rings. The fourth-order valence-electron chi connectivity index (χ4n) is 5.58. The van der Waals surface area contributed by atoms with Crippen molar-refractivity contribution in [1.29, 1.82) is 0 Å². The van der Waals surface area contributed by atoms with E-state index in [1.165, 1.54) is 31.4 Å². The van der Waals surface area contributed by atoms with Crippen molar-refractivity contribution in [2.45, 2.75) is 64.3 Å². The minimum absolute atomic E-state index is 0. The molecule has 11 heteroatoms. The summed E-state index contributed by atoms with van der Waals surface area (Å²) >= 11 is 0. The van der Waals surface area contributed by atoms with Gasteiger partial charge in [-0.2, -0.15) is 0 Å². The smallest absolute Gasteiger partial charge is 0.550 e. The molecule has 0 saturated carbocycles. The number of carboxylic acids is 1. The van der Waals surface area contributed by atoms with Gasteiger partial charge >= 0.3 is 29.6 Å². The summed E-state index contributed by atoms with van der Waals surface area (Å²) in [4.78, 5) is 25.1. The van der Waals surface area contributed by atoms with Crippen LogP contribution in [-0.2, 0) is 17.8 Å². The van der Waals surface area contributed by atoms with E-state index in [1.54, 1.807) is 18.2 Å². The summed E-state index contributed by atoms with van der Waals surface area (Å²) in [6, 6.07) is 19.4. The van der Waals surface area contributed by atoms with E-state index in [9.17, 15) is 33.7 Å². The first-order valence-electron chi connectivity index (χ1n) is 14.7. The maximum absolute atomic E-state index is 14.2. The molecule has 0 bridgehead atoms. The summed E-state index contributed by atoms with van der Waals surface area (Å²) in [5.74, 6) is -2.69. The minimum Gasteiger partial charge on any atom is -0.550 e. The molecule has 1 heterocycles. The molecule has 238 valence electrons. The molecule has 0 aliphatic carbocycles. The van der Waals surface area contributed by atoms with Crippen LogP contribution in [0.1, 0.15) is 60.9 Å². The second-order valence-electron chi connectivity index (χ2n) is 11.2. The molecule has 46 heavy (non-hydrogen) atoms. The summed E-state index contributed by atoms with van der Waals surface area (Å²) < 4.78 is 35.1. The maximum Gasteiger partial charge on any atom is 1.00 e. The Kier molecular flexibility index (Phi) is 13.5. The number of carbonyl (C=O) groups is 2. The molecule has 4 rings (SSSR count). The Balaban J connectivity index is 0.00000576. The minimum atomic E-state index is -1.41. The van der Waals surface area contributed by atoms with Gasteiger partial charge in [0.05, 0.1) is 19.3 Å². The normalized spacial score (nSPS) is 12.3. The third-order valence-electron chi connectivity index (χ3n) is 7.56. The first kappa shape index (κ1) is 36.9. The second-order valence-corrected chi connectivity index (χ2v) is 11.2. The number of ether oxygens (including phenoxy) is 1. The quantitative estimate of drug-likeness (QED) is 0.181. The monoisotopic (exact) mass is 642 g/mol. The molecule has 4 aromatic rings. The van der Waals surface area contributed by atoms with Crippen molar-refractivity contribution in [3.05, 3.63) is 101 Å². The third kappa shape index (κ3) is 9.04. The van der Waals surface area contributed by atoms with E-state index in [1.807, 2.05) is 48.7 Å². The number of carbonyl (C=O) groups excluding carboxylic acids is 2. The Morgan fingerprint density at radius 3 is 2.20 bits per heavy atom. The molecule has 1 aromatic heterocycles. The zero-order valence-corrected chi connectivity index (χ0v) is 28.4. The van der Waals surface area contributed by atoms with Crippen LogP contribution in [0.2, 0.25) is 0 Å². The first-order chi connectivity index (χ1) is 21.5. The molecule has 3 aromatic carbocycles. The average molecular weight is 643 g/mol. The zero-order chi connectivity index (χ0) is 32.7. The molecule has 0 radical (unpaired) electrons. The van der Waals surface area contributed by atoms with Crippen LogP contribution in [0.4, 0.5) is 8.78 Å². The SMILES string of the molecule is COc1cc(CNC(=O)c2c(-c3ccccc3)c(-c3ccc(F)cc3)c(CC[C@@H](O)C[C@@H](O)CC(=O)[O-])n2C(C)C)ccc1F.[Na+]. The van der Waals surface area contributed by atoms with Gasteiger partial charge in [-0.1, -0.05) is 48.5 Å². The van der Waals surface area contributed by atoms with Crippen molar-refractivity contribution in [2.75, 3.05) is 7.11 Å². The number of aromatic nitrogens is 1. The summed E-state index contributed by atoms with van der Waals surface area (Å²) in [6.45, 7) is 3.94. The Bertz CT molecular complexity index is 1630.